The normalized spacial score (nSPS) is 10.6. The van der Waals surface area contributed by atoms with Crippen LogP contribution >= 0.6 is 15.9 Å². The highest BCUT2D eigenvalue weighted by Gasteiger charge is 2.14. The van der Waals surface area contributed by atoms with Crippen LogP contribution in [0.3, 0.4) is 0 Å². The first-order chi connectivity index (χ1) is 16.4. The summed E-state index contributed by atoms with van der Waals surface area (Å²) < 4.78 is 11.6. The summed E-state index contributed by atoms with van der Waals surface area (Å²) in [7, 11) is 0. The molecule has 9 heteroatoms. The summed E-state index contributed by atoms with van der Waals surface area (Å²) in [6.45, 7) is 4.31. The molecule has 0 unspecified atom stereocenters. The van der Waals surface area contributed by atoms with E-state index in [0.29, 0.717) is 33.6 Å². The van der Waals surface area contributed by atoms with Crippen molar-refractivity contribution in [1.29, 1.82) is 0 Å². The topological polar surface area (TPSA) is 106 Å². The molecular formula is C25H22BrN3O5. The molecule has 0 spiro atoms. The van der Waals surface area contributed by atoms with Crippen molar-refractivity contribution in [3.05, 3.63) is 87.9 Å². The van der Waals surface area contributed by atoms with Gasteiger partial charge in [0.15, 0.2) is 0 Å². The number of benzene rings is 3. The Labute approximate surface area is 205 Å². The Balaban J connectivity index is 1.64. The van der Waals surface area contributed by atoms with Gasteiger partial charge in [0.25, 0.3) is 0 Å². The second kappa shape index (κ2) is 11.8. The fourth-order valence-corrected chi connectivity index (χ4v) is 3.14. The predicted octanol–water partition coefficient (Wildman–Crippen LogP) is 4.46. The number of hydrogen-bond donors (Lipinski definition) is 2. The lowest BCUT2D eigenvalue weighted by Gasteiger charge is -2.09. The standard InChI is InChI=1S/C25H22BrN3O5/c1-3-33-21-11-6-17(7-12-21)25(32)34-22-13-8-19(26)14-18(22)15-27-29-24(31)23(30)28-20-9-4-16(2)5-10-20/h4-15H,3H2,1-2H3,(H,28,30)(H,29,31)/b27-15-. The van der Waals surface area contributed by atoms with Crippen molar-refractivity contribution in [1.82, 2.24) is 5.43 Å². The third kappa shape index (κ3) is 7.01. The molecule has 0 aromatic heterocycles. The van der Waals surface area contributed by atoms with Crippen molar-refractivity contribution >= 4 is 45.6 Å². The molecule has 3 aromatic rings. The van der Waals surface area contributed by atoms with Crippen LogP contribution in [-0.4, -0.2) is 30.6 Å². The fraction of sp³-hybridized carbons (Fsp3) is 0.120. The monoisotopic (exact) mass is 523 g/mol. The lowest BCUT2D eigenvalue weighted by molar-refractivity contribution is -0.136. The van der Waals surface area contributed by atoms with Gasteiger partial charge >= 0.3 is 17.8 Å². The molecule has 2 amide bonds. The Morgan fingerprint density at radius 1 is 0.971 bits per heavy atom. The van der Waals surface area contributed by atoms with E-state index >= 15 is 0 Å². The molecule has 0 heterocycles. The zero-order valence-electron chi connectivity index (χ0n) is 18.5. The van der Waals surface area contributed by atoms with Crippen LogP contribution < -0.4 is 20.2 Å². The molecule has 0 saturated heterocycles. The van der Waals surface area contributed by atoms with Crippen LogP contribution in [0.15, 0.2) is 76.3 Å². The minimum absolute atomic E-state index is 0.226. The van der Waals surface area contributed by atoms with Crippen molar-refractivity contribution in [3.8, 4) is 11.5 Å². The molecule has 0 aliphatic rings. The second-order valence-electron chi connectivity index (χ2n) is 7.05. The first kappa shape index (κ1) is 24.7. The van der Waals surface area contributed by atoms with Gasteiger partial charge in [-0.3, -0.25) is 9.59 Å². The van der Waals surface area contributed by atoms with E-state index in [9.17, 15) is 14.4 Å². The number of nitrogens with one attached hydrogen (secondary N) is 2. The minimum atomic E-state index is -0.945. The summed E-state index contributed by atoms with van der Waals surface area (Å²) in [5.41, 5.74) is 4.43. The SMILES string of the molecule is CCOc1ccc(C(=O)Oc2ccc(Br)cc2/C=N\NC(=O)C(=O)Nc2ccc(C)cc2)cc1. The smallest absolute Gasteiger partial charge is 0.343 e. The van der Waals surface area contributed by atoms with Crippen molar-refractivity contribution < 1.29 is 23.9 Å². The number of aryl methyl sites for hydroxylation is 1. The maximum atomic E-state index is 12.5. The number of carbonyl (C=O) groups is 3. The van der Waals surface area contributed by atoms with Crippen LogP contribution in [0.5, 0.6) is 11.5 Å². The lowest BCUT2D eigenvalue weighted by atomic mass is 10.2. The highest BCUT2D eigenvalue weighted by atomic mass is 79.9. The van der Waals surface area contributed by atoms with Gasteiger partial charge in [0.05, 0.1) is 18.4 Å². The quantitative estimate of drug-likeness (QED) is 0.156. The Morgan fingerprint density at radius 2 is 1.68 bits per heavy atom. The molecule has 8 nitrogen and oxygen atoms in total. The van der Waals surface area contributed by atoms with E-state index in [4.69, 9.17) is 9.47 Å². The van der Waals surface area contributed by atoms with E-state index in [1.807, 2.05) is 26.0 Å². The molecule has 0 bridgehead atoms. The third-order valence-electron chi connectivity index (χ3n) is 4.46. The molecule has 0 fully saturated rings. The highest BCUT2D eigenvalue weighted by Crippen LogP contribution is 2.23. The van der Waals surface area contributed by atoms with Gasteiger partial charge in [-0.05, 0) is 68.4 Å². The zero-order chi connectivity index (χ0) is 24.5. The van der Waals surface area contributed by atoms with E-state index in [-0.39, 0.29) is 5.75 Å². The number of hydrazone groups is 1. The van der Waals surface area contributed by atoms with E-state index < -0.39 is 17.8 Å². The molecule has 174 valence electrons. The largest absolute Gasteiger partial charge is 0.494 e. The number of esters is 1. The summed E-state index contributed by atoms with van der Waals surface area (Å²) in [6.07, 6.45) is 1.28. The molecule has 2 N–H and O–H groups in total. The summed E-state index contributed by atoms with van der Waals surface area (Å²) in [4.78, 5) is 36.6. The van der Waals surface area contributed by atoms with E-state index in [2.05, 4.69) is 31.8 Å². The van der Waals surface area contributed by atoms with Gasteiger partial charge < -0.3 is 14.8 Å². The van der Waals surface area contributed by atoms with Gasteiger partial charge in [0, 0.05) is 15.7 Å². The Morgan fingerprint density at radius 3 is 2.35 bits per heavy atom. The number of rotatable bonds is 7. The number of carbonyl (C=O) groups excluding carboxylic acids is 3. The molecule has 34 heavy (non-hydrogen) atoms. The Hall–Kier alpha value is -3.98. The molecule has 0 radical (unpaired) electrons. The molecule has 0 aliphatic carbocycles. The van der Waals surface area contributed by atoms with Crippen LogP contribution in [0.2, 0.25) is 0 Å². The number of anilines is 1. The van der Waals surface area contributed by atoms with Crippen LogP contribution in [0.25, 0.3) is 0 Å². The Kier molecular flexibility index (Phi) is 8.53. The molecule has 3 rings (SSSR count). The average molecular weight is 524 g/mol. The average Bonchev–Trinajstić information content (AvgIpc) is 2.82. The number of nitrogens with zero attached hydrogens (tertiary/aromatic N) is 1. The summed E-state index contributed by atoms with van der Waals surface area (Å²) >= 11 is 3.35. The van der Waals surface area contributed by atoms with Crippen molar-refractivity contribution in [3.63, 3.8) is 0 Å². The van der Waals surface area contributed by atoms with Crippen LogP contribution in [0.1, 0.15) is 28.4 Å². The third-order valence-corrected chi connectivity index (χ3v) is 4.95. The summed E-state index contributed by atoms with van der Waals surface area (Å²) in [5.74, 6) is -1.50. The van der Waals surface area contributed by atoms with Crippen molar-refractivity contribution in [2.75, 3.05) is 11.9 Å². The van der Waals surface area contributed by atoms with Crippen molar-refractivity contribution in [2.24, 2.45) is 5.10 Å². The zero-order valence-corrected chi connectivity index (χ0v) is 20.1. The maximum absolute atomic E-state index is 12.5. The van der Waals surface area contributed by atoms with E-state index in [0.717, 1.165) is 5.56 Å². The number of ether oxygens (including phenoxy) is 2. The summed E-state index contributed by atoms with van der Waals surface area (Å²) in [5, 5.41) is 6.30. The minimum Gasteiger partial charge on any atom is -0.494 e. The first-order valence-corrected chi connectivity index (χ1v) is 11.1. The molecule has 3 aromatic carbocycles. The van der Waals surface area contributed by atoms with Crippen LogP contribution in [0.4, 0.5) is 5.69 Å². The number of halogens is 1. The molecule has 0 saturated carbocycles. The van der Waals surface area contributed by atoms with Gasteiger partial charge in [0.2, 0.25) is 0 Å². The lowest BCUT2D eigenvalue weighted by Crippen LogP contribution is -2.32. The van der Waals surface area contributed by atoms with Gasteiger partial charge in [-0.15, -0.1) is 0 Å². The van der Waals surface area contributed by atoms with Crippen LogP contribution in [0, 0.1) is 6.92 Å². The van der Waals surface area contributed by atoms with Gasteiger partial charge in [-0.1, -0.05) is 33.6 Å². The maximum Gasteiger partial charge on any atom is 0.343 e. The number of amides is 2. The second-order valence-corrected chi connectivity index (χ2v) is 7.96. The molecule has 0 atom stereocenters. The first-order valence-electron chi connectivity index (χ1n) is 10.3. The number of hydrogen-bond acceptors (Lipinski definition) is 6. The van der Waals surface area contributed by atoms with Crippen molar-refractivity contribution in [2.45, 2.75) is 13.8 Å². The van der Waals surface area contributed by atoms with Gasteiger partial charge in [-0.25, -0.2) is 10.2 Å². The van der Waals surface area contributed by atoms with Gasteiger partial charge in [0.1, 0.15) is 11.5 Å². The summed E-state index contributed by atoms with van der Waals surface area (Å²) in [6, 6.07) is 18.5. The van der Waals surface area contributed by atoms with Crippen LogP contribution in [-0.2, 0) is 9.59 Å². The fourth-order valence-electron chi connectivity index (χ4n) is 2.76. The van der Waals surface area contributed by atoms with Gasteiger partial charge in [-0.2, -0.15) is 5.10 Å². The van der Waals surface area contributed by atoms with E-state index in [1.165, 1.54) is 6.21 Å². The van der Waals surface area contributed by atoms with E-state index in [1.54, 1.807) is 54.6 Å². The molecule has 0 aliphatic heterocycles. The highest BCUT2D eigenvalue weighted by molar-refractivity contribution is 9.10. The molecular weight excluding hydrogens is 502 g/mol. The predicted molar refractivity (Wildman–Crippen MR) is 132 cm³/mol. The Bertz CT molecular complexity index is 1210.